The second kappa shape index (κ2) is 9.66. The third kappa shape index (κ3) is 6.82. The van der Waals surface area contributed by atoms with Crippen LogP contribution in [0, 0.1) is 0 Å². The van der Waals surface area contributed by atoms with E-state index in [0.717, 1.165) is 36.8 Å². The molecule has 0 fully saturated rings. The minimum Gasteiger partial charge on any atom is -0.399 e. The fourth-order valence-corrected chi connectivity index (χ4v) is 2.71. The van der Waals surface area contributed by atoms with Crippen LogP contribution in [0.2, 0.25) is 0 Å². The van der Waals surface area contributed by atoms with Crippen molar-refractivity contribution in [3.63, 3.8) is 0 Å². The lowest BCUT2D eigenvalue weighted by Crippen LogP contribution is -2.25. The Morgan fingerprint density at radius 3 is 2.45 bits per heavy atom. The third-order valence-corrected chi connectivity index (χ3v) is 4.08. The van der Waals surface area contributed by atoms with Crippen LogP contribution in [-0.2, 0) is 4.79 Å². The van der Waals surface area contributed by atoms with Crippen molar-refractivity contribution in [3.05, 3.63) is 24.3 Å². The summed E-state index contributed by atoms with van der Waals surface area (Å²) in [7, 11) is 0. The molecular weight excluding hydrogens is 270 g/mol. The molecule has 0 aliphatic carbocycles. The van der Waals surface area contributed by atoms with E-state index in [1.54, 1.807) is 12.1 Å². The molecule has 0 aromatic heterocycles. The first-order valence-corrected chi connectivity index (χ1v) is 8.26. The normalized spacial score (nSPS) is 10.8. The van der Waals surface area contributed by atoms with Gasteiger partial charge in [-0.2, -0.15) is 11.8 Å². The molecule has 0 radical (unpaired) electrons. The molecular formula is C15H25N3OS. The lowest BCUT2D eigenvalue weighted by molar-refractivity contribution is -0.115. The van der Waals surface area contributed by atoms with E-state index in [2.05, 4.69) is 24.1 Å². The van der Waals surface area contributed by atoms with Crippen molar-refractivity contribution in [2.24, 2.45) is 0 Å². The largest absolute Gasteiger partial charge is 0.399 e. The maximum Gasteiger partial charge on any atom is 0.225 e. The molecule has 0 atom stereocenters. The van der Waals surface area contributed by atoms with Crippen LogP contribution < -0.4 is 11.1 Å². The Balaban J connectivity index is 2.13. The second-order valence-corrected chi connectivity index (χ2v) is 5.78. The molecule has 1 amide bonds. The molecule has 5 heteroatoms. The maximum absolute atomic E-state index is 11.7. The average molecular weight is 295 g/mol. The van der Waals surface area contributed by atoms with Gasteiger partial charge in [0.1, 0.15) is 0 Å². The lowest BCUT2D eigenvalue weighted by Gasteiger charge is -2.17. The molecule has 112 valence electrons. The van der Waals surface area contributed by atoms with Gasteiger partial charge in [-0.15, -0.1) is 0 Å². The highest BCUT2D eigenvalue weighted by Gasteiger charge is 2.03. The number of nitrogens with zero attached hydrogens (tertiary/aromatic N) is 1. The van der Waals surface area contributed by atoms with Crippen molar-refractivity contribution in [2.75, 3.05) is 42.2 Å². The predicted molar refractivity (Wildman–Crippen MR) is 89.2 cm³/mol. The first-order valence-electron chi connectivity index (χ1n) is 7.11. The molecule has 0 heterocycles. The van der Waals surface area contributed by atoms with Gasteiger partial charge >= 0.3 is 0 Å². The van der Waals surface area contributed by atoms with E-state index >= 15 is 0 Å². The number of carbonyl (C=O) groups is 1. The van der Waals surface area contributed by atoms with Crippen molar-refractivity contribution >= 4 is 29.0 Å². The van der Waals surface area contributed by atoms with E-state index in [4.69, 9.17) is 5.73 Å². The first-order chi connectivity index (χ1) is 9.65. The quantitative estimate of drug-likeness (QED) is 0.543. The Bertz CT molecular complexity index is 391. The summed E-state index contributed by atoms with van der Waals surface area (Å²) >= 11 is 1.83. The summed E-state index contributed by atoms with van der Waals surface area (Å²) in [5.41, 5.74) is 7.11. The van der Waals surface area contributed by atoms with Gasteiger partial charge in [-0.1, -0.05) is 13.8 Å². The Labute approximate surface area is 126 Å². The number of nitrogen functional groups attached to an aromatic ring is 1. The maximum atomic E-state index is 11.7. The van der Waals surface area contributed by atoms with Crippen molar-refractivity contribution in [1.29, 1.82) is 0 Å². The van der Waals surface area contributed by atoms with Gasteiger partial charge in [0.05, 0.1) is 0 Å². The molecule has 4 nitrogen and oxygen atoms in total. The standard InChI is InChI=1S/C15H25N3OS/c1-3-18(4-2)10-12-20-11-9-15(19)17-14-7-5-13(16)6-8-14/h5-8H,3-4,9-12,16H2,1-2H3,(H,17,19). The van der Waals surface area contributed by atoms with Gasteiger partial charge in [0.25, 0.3) is 0 Å². The first kappa shape index (κ1) is 16.9. The predicted octanol–water partition coefficient (Wildman–Crippen LogP) is 2.67. The topological polar surface area (TPSA) is 58.4 Å². The fraction of sp³-hybridized carbons (Fsp3) is 0.533. The molecule has 1 aromatic rings. The average Bonchev–Trinajstić information content (AvgIpc) is 2.45. The van der Waals surface area contributed by atoms with E-state index in [0.29, 0.717) is 12.1 Å². The molecule has 20 heavy (non-hydrogen) atoms. The van der Waals surface area contributed by atoms with Crippen LogP contribution in [0.15, 0.2) is 24.3 Å². The number of thioether (sulfide) groups is 1. The van der Waals surface area contributed by atoms with Gasteiger partial charge < -0.3 is 16.0 Å². The number of anilines is 2. The Hall–Kier alpha value is -1.20. The van der Waals surface area contributed by atoms with Crippen molar-refractivity contribution < 1.29 is 4.79 Å². The van der Waals surface area contributed by atoms with Gasteiger partial charge in [0.2, 0.25) is 5.91 Å². The van der Waals surface area contributed by atoms with Crippen LogP contribution in [0.3, 0.4) is 0 Å². The van der Waals surface area contributed by atoms with E-state index in [-0.39, 0.29) is 5.91 Å². The zero-order chi connectivity index (χ0) is 14.8. The molecule has 0 spiro atoms. The van der Waals surface area contributed by atoms with Crippen LogP contribution in [0.4, 0.5) is 11.4 Å². The van der Waals surface area contributed by atoms with E-state index in [9.17, 15) is 4.79 Å². The van der Waals surface area contributed by atoms with Gasteiger partial charge in [0.15, 0.2) is 0 Å². The molecule has 0 saturated carbocycles. The number of nitrogens with one attached hydrogen (secondary N) is 1. The van der Waals surface area contributed by atoms with Crippen molar-refractivity contribution in [3.8, 4) is 0 Å². The van der Waals surface area contributed by atoms with Crippen molar-refractivity contribution in [2.45, 2.75) is 20.3 Å². The van der Waals surface area contributed by atoms with Crippen LogP contribution in [0.5, 0.6) is 0 Å². The molecule has 0 unspecified atom stereocenters. The summed E-state index contributed by atoms with van der Waals surface area (Å²) in [4.78, 5) is 14.1. The summed E-state index contributed by atoms with van der Waals surface area (Å²) in [5.74, 6) is 2.00. The highest BCUT2D eigenvalue weighted by atomic mass is 32.2. The Kier molecular flexibility index (Phi) is 8.14. The number of amides is 1. The molecule has 0 bridgehead atoms. The number of hydrogen-bond donors (Lipinski definition) is 2. The van der Waals surface area contributed by atoms with E-state index in [1.807, 2.05) is 23.9 Å². The van der Waals surface area contributed by atoms with Crippen molar-refractivity contribution in [1.82, 2.24) is 4.90 Å². The molecule has 0 saturated heterocycles. The highest BCUT2D eigenvalue weighted by molar-refractivity contribution is 7.99. The van der Waals surface area contributed by atoms with Crippen LogP contribution in [-0.4, -0.2) is 41.9 Å². The molecule has 1 rings (SSSR count). The van der Waals surface area contributed by atoms with Gasteiger partial charge in [-0.05, 0) is 37.4 Å². The summed E-state index contributed by atoms with van der Waals surface area (Å²) in [6.45, 7) is 7.63. The zero-order valence-corrected chi connectivity index (χ0v) is 13.2. The Morgan fingerprint density at radius 1 is 1.20 bits per heavy atom. The van der Waals surface area contributed by atoms with Gasteiger partial charge in [-0.25, -0.2) is 0 Å². The molecule has 3 N–H and O–H groups in total. The number of nitrogens with two attached hydrogens (primary N) is 1. The minimum absolute atomic E-state index is 0.0603. The number of rotatable bonds is 9. The monoisotopic (exact) mass is 295 g/mol. The lowest BCUT2D eigenvalue weighted by atomic mass is 10.3. The van der Waals surface area contributed by atoms with E-state index in [1.165, 1.54) is 0 Å². The fourth-order valence-electron chi connectivity index (χ4n) is 1.79. The van der Waals surface area contributed by atoms with E-state index < -0.39 is 0 Å². The Morgan fingerprint density at radius 2 is 1.85 bits per heavy atom. The van der Waals surface area contributed by atoms with Crippen LogP contribution in [0.25, 0.3) is 0 Å². The van der Waals surface area contributed by atoms with Gasteiger partial charge in [0, 0.05) is 35.8 Å². The molecule has 0 aliphatic rings. The summed E-state index contributed by atoms with van der Waals surface area (Å²) in [6, 6.07) is 7.21. The molecule has 1 aromatic carbocycles. The third-order valence-electron chi connectivity index (χ3n) is 3.11. The summed E-state index contributed by atoms with van der Waals surface area (Å²) in [6.07, 6.45) is 0.549. The number of benzene rings is 1. The SMILES string of the molecule is CCN(CC)CCSCCC(=O)Nc1ccc(N)cc1. The molecule has 0 aliphatic heterocycles. The highest BCUT2D eigenvalue weighted by Crippen LogP contribution is 2.11. The van der Waals surface area contributed by atoms with Gasteiger partial charge in [-0.3, -0.25) is 4.79 Å². The van der Waals surface area contributed by atoms with Crippen LogP contribution in [0.1, 0.15) is 20.3 Å². The number of carbonyl (C=O) groups excluding carboxylic acids is 1. The number of hydrogen-bond acceptors (Lipinski definition) is 4. The zero-order valence-electron chi connectivity index (χ0n) is 12.4. The smallest absolute Gasteiger partial charge is 0.225 e. The summed E-state index contributed by atoms with van der Waals surface area (Å²) in [5, 5.41) is 2.87. The second-order valence-electron chi connectivity index (χ2n) is 4.56. The minimum atomic E-state index is 0.0603. The summed E-state index contributed by atoms with van der Waals surface area (Å²) < 4.78 is 0. The van der Waals surface area contributed by atoms with Crippen LogP contribution >= 0.6 is 11.8 Å².